The highest BCUT2D eigenvalue weighted by atomic mass is 16.6. The molecule has 0 aliphatic carbocycles. The van der Waals surface area contributed by atoms with Gasteiger partial charge in [0, 0.05) is 12.1 Å². The summed E-state index contributed by atoms with van der Waals surface area (Å²) in [7, 11) is 0. The molecule has 1 rings (SSSR count). The summed E-state index contributed by atoms with van der Waals surface area (Å²) in [4.78, 5) is 11.6. The second-order valence-corrected chi connectivity index (χ2v) is 7.86. The second kappa shape index (κ2) is 23.8. The lowest BCUT2D eigenvalue weighted by atomic mass is 10.1. The number of nitrogens with two attached hydrogens (primary N) is 1. The van der Waals surface area contributed by atoms with Gasteiger partial charge in [0.05, 0.1) is 66.1 Å². The minimum Gasteiger partial charge on any atom is -0.491 e. The molecule has 0 bridgehead atoms. The molecular weight excluding hydrogens is 454 g/mol. The zero-order valence-electron chi connectivity index (χ0n) is 21.4. The van der Waals surface area contributed by atoms with Crippen LogP contribution in [0.25, 0.3) is 0 Å². The van der Waals surface area contributed by atoms with Crippen molar-refractivity contribution in [3.63, 3.8) is 0 Å². The molecule has 35 heavy (non-hydrogen) atoms. The first-order chi connectivity index (χ1) is 17.2. The summed E-state index contributed by atoms with van der Waals surface area (Å²) in [6.07, 6.45) is 6.10. The van der Waals surface area contributed by atoms with Gasteiger partial charge >= 0.3 is 5.97 Å². The smallest absolute Gasteiger partial charge is 0.305 e. The van der Waals surface area contributed by atoms with Crippen molar-refractivity contribution >= 4 is 11.7 Å². The molecule has 0 amide bonds. The van der Waals surface area contributed by atoms with Crippen molar-refractivity contribution in [2.24, 2.45) is 0 Å². The molecule has 0 unspecified atom stereocenters. The average molecular weight is 500 g/mol. The summed E-state index contributed by atoms with van der Waals surface area (Å²) in [6.45, 7) is 7.78. The lowest BCUT2D eigenvalue weighted by Gasteiger charge is -2.09. The van der Waals surface area contributed by atoms with Gasteiger partial charge < -0.3 is 38.9 Å². The van der Waals surface area contributed by atoms with E-state index in [0.717, 1.165) is 18.6 Å². The summed E-state index contributed by atoms with van der Waals surface area (Å²) < 4.78 is 37.8. The molecule has 9 heteroatoms. The van der Waals surface area contributed by atoms with E-state index in [9.17, 15) is 4.79 Å². The SMILES string of the molecule is CCCCCCCC(=O)OCCOCCOCCOCCOCCOCCOc1ccc(N)cc1. The molecule has 0 saturated heterocycles. The number of ether oxygens (including phenoxy) is 7. The predicted octanol–water partition coefficient (Wildman–Crippen LogP) is 3.63. The minimum absolute atomic E-state index is 0.143. The zero-order valence-corrected chi connectivity index (χ0v) is 21.4. The largest absolute Gasteiger partial charge is 0.491 e. The van der Waals surface area contributed by atoms with Gasteiger partial charge in [-0.3, -0.25) is 4.79 Å². The molecule has 0 fully saturated rings. The van der Waals surface area contributed by atoms with E-state index in [1.807, 2.05) is 12.1 Å². The van der Waals surface area contributed by atoms with Crippen LogP contribution in [0.15, 0.2) is 24.3 Å². The molecule has 2 N–H and O–H groups in total. The van der Waals surface area contributed by atoms with Crippen LogP contribution in [-0.2, 0) is 33.2 Å². The third-order valence-corrected chi connectivity index (χ3v) is 4.84. The number of hydrogen-bond acceptors (Lipinski definition) is 9. The number of rotatable bonds is 25. The molecule has 9 nitrogen and oxygen atoms in total. The Bertz CT molecular complexity index is 600. The Labute approximate surface area is 210 Å². The first-order valence-electron chi connectivity index (χ1n) is 12.7. The maximum absolute atomic E-state index is 11.6. The summed E-state index contributed by atoms with van der Waals surface area (Å²) in [6, 6.07) is 7.26. The Balaban J connectivity index is 1.70. The topological polar surface area (TPSA) is 108 Å². The van der Waals surface area contributed by atoms with Crippen molar-refractivity contribution < 1.29 is 38.0 Å². The number of anilines is 1. The minimum atomic E-state index is -0.143. The van der Waals surface area contributed by atoms with Crippen molar-refractivity contribution in [2.75, 3.05) is 85.0 Å². The molecule has 1 aromatic carbocycles. The first-order valence-corrected chi connectivity index (χ1v) is 12.7. The molecule has 0 saturated carbocycles. The highest BCUT2D eigenvalue weighted by Crippen LogP contribution is 2.12. The van der Waals surface area contributed by atoms with Gasteiger partial charge in [0.25, 0.3) is 0 Å². The number of esters is 1. The van der Waals surface area contributed by atoms with Crippen LogP contribution >= 0.6 is 0 Å². The van der Waals surface area contributed by atoms with Crippen LogP contribution in [0.2, 0.25) is 0 Å². The van der Waals surface area contributed by atoms with Gasteiger partial charge in [-0.05, 0) is 30.7 Å². The van der Waals surface area contributed by atoms with Crippen molar-refractivity contribution in [2.45, 2.75) is 45.4 Å². The van der Waals surface area contributed by atoms with Gasteiger partial charge in [-0.2, -0.15) is 0 Å². The highest BCUT2D eigenvalue weighted by Gasteiger charge is 2.02. The molecule has 0 radical (unpaired) electrons. The molecule has 0 aromatic heterocycles. The van der Waals surface area contributed by atoms with E-state index in [4.69, 9.17) is 38.9 Å². The highest BCUT2D eigenvalue weighted by molar-refractivity contribution is 5.69. The van der Waals surface area contributed by atoms with Crippen molar-refractivity contribution in [1.29, 1.82) is 0 Å². The average Bonchev–Trinajstić information content (AvgIpc) is 2.86. The van der Waals surface area contributed by atoms with Gasteiger partial charge in [-0.15, -0.1) is 0 Å². The number of carbonyl (C=O) groups is 1. The lowest BCUT2D eigenvalue weighted by Crippen LogP contribution is -2.15. The zero-order chi connectivity index (χ0) is 25.2. The second-order valence-electron chi connectivity index (χ2n) is 7.86. The van der Waals surface area contributed by atoms with Crippen LogP contribution in [0.5, 0.6) is 5.75 Å². The third-order valence-electron chi connectivity index (χ3n) is 4.84. The fourth-order valence-corrected chi connectivity index (χ4v) is 2.92. The Morgan fingerprint density at radius 2 is 1.09 bits per heavy atom. The molecule has 0 aliphatic heterocycles. The van der Waals surface area contributed by atoms with Crippen molar-refractivity contribution in [3.05, 3.63) is 24.3 Å². The fourth-order valence-electron chi connectivity index (χ4n) is 2.92. The number of benzene rings is 1. The fraction of sp³-hybridized carbons (Fsp3) is 0.731. The first kappa shape index (κ1) is 31.1. The Hall–Kier alpha value is -1.91. The molecule has 0 spiro atoms. The van der Waals surface area contributed by atoms with Crippen LogP contribution in [0.3, 0.4) is 0 Å². The van der Waals surface area contributed by atoms with E-state index in [0.29, 0.717) is 91.4 Å². The Morgan fingerprint density at radius 3 is 1.60 bits per heavy atom. The normalized spacial score (nSPS) is 11.0. The van der Waals surface area contributed by atoms with E-state index < -0.39 is 0 Å². The van der Waals surface area contributed by atoms with Gasteiger partial charge in [0.15, 0.2) is 0 Å². The van der Waals surface area contributed by atoms with E-state index in [2.05, 4.69) is 6.92 Å². The van der Waals surface area contributed by atoms with Crippen molar-refractivity contribution in [3.8, 4) is 5.75 Å². The van der Waals surface area contributed by atoms with E-state index in [1.165, 1.54) is 19.3 Å². The number of hydrogen-bond donors (Lipinski definition) is 1. The number of nitrogen functional groups attached to an aromatic ring is 1. The maximum Gasteiger partial charge on any atom is 0.305 e. The standard InChI is InChI=1S/C26H45NO8/c1-2-3-4-5-6-7-26(28)35-23-21-33-19-17-31-15-13-29-12-14-30-16-18-32-20-22-34-25-10-8-24(27)9-11-25/h8-11H,2-7,12-23,27H2,1H3. The van der Waals surface area contributed by atoms with Gasteiger partial charge in [-0.25, -0.2) is 0 Å². The monoisotopic (exact) mass is 499 g/mol. The summed E-state index contributed by atoms with van der Waals surface area (Å²) in [5, 5.41) is 0. The number of unbranched alkanes of at least 4 members (excludes halogenated alkanes) is 4. The molecule has 0 heterocycles. The van der Waals surface area contributed by atoms with E-state index in [1.54, 1.807) is 12.1 Å². The lowest BCUT2D eigenvalue weighted by molar-refractivity contribution is -0.145. The molecular formula is C26H45NO8. The van der Waals surface area contributed by atoms with Gasteiger partial charge in [0.1, 0.15) is 19.0 Å². The van der Waals surface area contributed by atoms with Gasteiger partial charge in [-0.1, -0.05) is 32.6 Å². The Morgan fingerprint density at radius 1 is 0.629 bits per heavy atom. The molecule has 0 aliphatic rings. The summed E-state index contributed by atoms with van der Waals surface area (Å²) in [5.41, 5.74) is 6.34. The Kier molecular flexibility index (Phi) is 21.2. The van der Waals surface area contributed by atoms with Crippen LogP contribution in [-0.4, -0.2) is 85.3 Å². The molecule has 1 aromatic rings. The van der Waals surface area contributed by atoms with Crippen LogP contribution in [0, 0.1) is 0 Å². The van der Waals surface area contributed by atoms with E-state index in [-0.39, 0.29) is 5.97 Å². The van der Waals surface area contributed by atoms with Crippen molar-refractivity contribution in [1.82, 2.24) is 0 Å². The van der Waals surface area contributed by atoms with Crippen LogP contribution in [0.1, 0.15) is 45.4 Å². The summed E-state index contributed by atoms with van der Waals surface area (Å²) >= 11 is 0. The van der Waals surface area contributed by atoms with Crippen LogP contribution in [0.4, 0.5) is 5.69 Å². The molecule has 202 valence electrons. The third kappa shape index (κ3) is 21.1. The predicted molar refractivity (Wildman–Crippen MR) is 135 cm³/mol. The molecule has 0 atom stereocenters. The summed E-state index contributed by atoms with van der Waals surface area (Å²) in [5.74, 6) is 0.629. The maximum atomic E-state index is 11.6. The number of carbonyl (C=O) groups excluding carboxylic acids is 1. The van der Waals surface area contributed by atoms with Crippen LogP contribution < -0.4 is 10.5 Å². The van der Waals surface area contributed by atoms with E-state index >= 15 is 0 Å². The van der Waals surface area contributed by atoms with Gasteiger partial charge in [0.2, 0.25) is 0 Å². The quantitative estimate of drug-likeness (QED) is 0.123.